The summed E-state index contributed by atoms with van der Waals surface area (Å²) < 4.78 is 37.8. The van der Waals surface area contributed by atoms with Gasteiger partial charge in [0.1, 0.15) is 5.75 Å². The minimum Gasteiger partial charge on any atom is -0.493 e. The number of hydrogen-bond acceptors (Lipinski definition) is 5. The molecule has 0 atom stereocenters. The molecular weight excluding hydrogens is 543 g/mol. The van der Waals surface area contributed by atoms with Gasteiger partial charge in [0.05, 0.1) is 18.9 Å². The van der Waals surface area contributed by atoms with Gasteiger partial charge in [-0.1, -0.05) is 36.4 Å². The molecule has 178 valence electrons. The number of methoxy groups -OCH3 is 1. The maximum atomic E-state index is 12.2. The van der Waals surface area contributed by atoms with E-state index in [9.17, 15) is 8.42 Å². The molecule has 0 spiro atoms. The first-order valence-corrected chi connectivity index (χ1v) is 12.0. The van der Waals surface area contributed by atoms with Crippen molar-refractivity contribution in [2.45, 2.75) is 19.9 Å². The SMILES string of the molecule is CCNC(=NCCS(=O)(=O)NCc1ccccc1)Nc1cccc(OCCCOC)c1.I. The minimum atomic E-state index is -3.43. The molecule has 0 fully saturated rings. The van der Waals surface area contributed by atoms with E-state index in [-0.39, 0.29) is 42.8 Å². The minimum absolute atomic E-state index is 0. The molecule has 0 aliphatic heterocycles. The van der Waals surface area contributed by atoms with Gasteiger partial charge in [-0.3, -0.25) is 4.99 Å². The van der Waals surface area contributed by atoms with Crippen LogP contribution in [-0.2, 0) is 21.3 Å². The van der Waals surface area contributed by atoms with Crippen LogP contribution in [0.5, 0.6) is 5.75 Å². The van der Waals surface area contributed by atoms with E-state index in [2.05, 4.69) is 20.3 Å². The van der Waals surface area contributed by atoms with Gasteiger partial charge in [0.2, 0.25) is 10.0 Å². The van der Waals surface area contributed by atoms with E-state index >= 15 is 0 Å². The number of nitrogens with one attached hydrogen (secondary N) is 3. The molecule has 2 aromatic rings. The smallest absolute Gasteiger partial charge is 0.213 e. The molecule has 0 unspecified atom stereocenters. The fourth-order valence-corrected chi connectivity index (χ4v) is 3.50. The van der Waals surface area contributed by atoms with Crippen LogP contribution in [0.2, 0.25) is 0 Å². The number of benzene rings is 2. The number of sulfonamides is 1. The Morgan fingerprint density at radius 1 is 1.06 bits per heavy atom. The molecule has 32 heavy (non-hydrogen) atoms. The van der Waals surface area contributed by atoms with Gasteiger partial charge in [-0.15, -0.1) is 24.0 Å². The third kappa shape index (κ3) is 11.7. The molecule has 0 aliphatic rings. The van der Waals surface area contributed by atoms with Crippen LogP contribution < -0.4 is 20.1 Å². The summed E-state index contributed by atoms with van der Waals surface area (Å²) in [7, 11) is -1.76. The zero-order chi connectivity index (χ0) is 22.4. The Kier molecular flexibility index (Phi) is 13.9. The molecule has 2 rings (SSSR count). The summed E-state index contributed by atoms with van der Waals surface area (Å²) in [6.45, 7) is 4.22. The van der Waals surface area contributed by atoms with Crippen molar-refractivity contribution in [2.24, 2.45) is 4.99 Å². The zero-order valence-electron chi connectivity index (χ0n) is 18.5. The highest BCUT2D eigenvalue weighted by Crippen LogP contribution is 2.17. The topological polar surface area (TPSA) is 101 Å². The van der Waals surface area contributed by atoms with Gasteiger partial charge >= 0.3 is 0 Å². The van der Waals surface area contributed by atoms with Crippen molar-refractivity contribution < 1.29 is 17.9 Å². The fourth-order valence-electron chi connectivity index (χ4n) is 2.64. The van der Waals surface area contributed by atoms with Crippen molar-refractivity contribution in [2.75, 3.05) is 44.5 Å². The van der Waals surface area contributed by atoms with E-state index in [1.807, 2.05) is 61.5 Å². The Morgan fingerprint density at radius 3 is 2.56 bits per heavy atom. The van der Waals surface area contributed by atoms with Crippen molar-refractivity contribution in [1.82, 2.24) is 10.0 Å². The van der Waals surface area contributed by atoms with Gasteiger partial charge in [-0.2, -0.15) is 0 Å². The number of nitrogens with zero attached hydrogens (tertiary/aromatic N) is 1. The van der Waals surface area contributed by atoms with Gasteiger partial charge in [0.25, 0.3) is 0 Å². The van der Waals surface area contributed by atoms with Crippen molar-refractivity contribution in [3.63, 3.8) is 0 Å². The second kappa shape index (κ2) is 15.8. The third-order valence-corrected chi connectivity index (χ3v) is 5.48. The molecule has 0 aliphatic carbocycles. The summed E-state index contributed by atoms with van der Waals surface area (Å²) in [6.07, 6.45) is 0.811. The second-order valence-corrected chi connectivity index (χ2v) is 8.66. The van der Waals surface area contributed by atoms with E-state index in [0.717, 1.165) is 23.4 Å². The monoisotopic (exact) mass is 576 g/mol. The third-order valence-electron chi connectivity index (χ3n) is 4.17. The molecule has 0 radical (unpaired) electrons. The number of aliphatic imine (C=N–C) groups is 1. The Morgan fingerprint density at radius 2 is 1.84 bits per heavy atom. The maximum absolute atomic E-state index is 12.2. The Bertz CT molecular complexity index is 911. The first-order valence-electron chi connectivity index (χ1n) is 10.3. The normalized spacial score (nSPS) is 11.5. The number of hydrogen-bond donors (Lipinski definition) is 3. The quantitative estimate of drug-likeness (QED) is 0.147. The molecule has 0 aromatic heterocycles. The largest absolute Gasteiger partial charge is 0.493 e. The van der Waals surface area contributed by atoms with E-state index in [4.69, 9.17) is 9.47 Å². The molecule has 8 nitrogen and oxygen atoms in total. The highest BCUT2D eigenvalue weighted by Gasteiger charge is 2.10. The van der Waals surface area contributed by atoms with Crippen molar-refractivity contribution >= 4 is 45.6 Å². The van der Waals surface area contributed by atoms with E-state index in [1.54, 1.807) is 7.11 Å². The fraction of sp³-hybridized carbons (Fsp3) is 0.409. The summed E-state index contributed by atoms with van der Waals surface area (Å²) >= 11 is 0. The number of rotatable bonds is 13. The summed E-state index contributed by atoms with van der Waals surface area (Å²) in [4.78, 5) is 4.38. The summed E-state index contributed by atoms with van der Waals surface area (Å²) in [6, 6.07) is 16.9. The van der Waals surface area contributed by atoms with Gasteiger partial charge < -0.3 is 20.1 Å². The molecule has 0 saturated carbocycles. The number of halogens is 1. The van der Waals surface area contributed by atoms with Crippen LogP contribution in [0.1, 0.15) is 18.9 Å². The lowest BCUT2D eigenvalue weighted by Crippen LogP contribution is -2.32. The van der Waals surface area contributed by atoms with Gasteiger partial charge in [-0.25, -0.2) is 13.1 Å². The van der Waals surface area contributed by atoms with Crippen LogP contribution in [0.25, 0.3) is 0 Å². The Labute approximate surface area is 208 Å². The van der Waals surface area contributed by atoms with E-state index < -0.39 is 10.0 Å². The van der Waals surface area contributed by atoms with Crippen LogP contribution in [0.4, 0.5) is 5.69 Å². The summed E-state index contributed by atoms with van der Waals surface area (Å²) in [5.74, 6) is 1.15. The number of anilines is 1. The number of guanidine groups is 1. The van der Waals surface area contributed by atoms with Crippen LogP contribution in [0.3, 0.4) is 0 Å². The lowest BCUT2D eigenvalue weighted by molar-refractivity contribution is 0.172. The molecular formula is C22H33IN4O4S. The molecule has 0 saturated heterocycles. The first kappa shape index (κ1) is 28.1. The predicted molar refractivity (Wildman–Crippen MR) is 141 cm³/mol. The summed E-state index contributed by atoms with van der Waals surface area (Å²) in [5, 5.41) is 6.31. The zero-order valence-corrected chi connectivity index (χ0v) is 21.7. The number of ether oxygens (including phenoxy) is 2. The van der Waals surface area contributed by atoms with Crippen LogP contribution >= 0.6 is 24.0 Å². The molecule has 0 bridgehead atoms. The van der Waals surface area contributed by atoms with Crippen LogP contribution in [0, 0.1) is 0 Å². The van der Waals surface area contributed by atoms with Crippen molar-refractivity contribution in [1.29, 1.82) is 0 Å². The highest BCUT2D eigenvalue weighted by atomic mass is 127. The van der Waals surface area contributed by atoms with Gasteiger partial charge in [0, 0.05) is 45.0 Å². The van der Waals surface area contributed by atoms with Gasteiger partial charge in [0.15, 0.2) is 5.96 Å². The average molecular weight is 577 g/mol. The standard InChI is InChI=1S/C22H32N4O4S.HI/c1-3-23-22(26-20-11-7-12-21(17-20)30-15-8-14-29-2)24-13-16-31(27,28)25-18-19-9-5-4-6-10-19;/h4-7,9-12,17,25H,3,8,13-16,18H2,1-2H3,(H2,23,24,26);1H. The Balaban J connectivity index is 0.00000512. The van der Waals surface area contributed by atoms with Gasteiger partial charge in [-0.05, 0) is 24.6 Å². The van der Waals surface area contributed by atoms with Crippen LogP contribution in [-0.4, -0.2) is 53.5 Å². The summed E-state index contributed by atoms with van der Waals surface area (Å²) in [5.41, 5.74) is 1.71. The second-order valence-electron chi connectivity index (χ2n) is 6.73. The average Bonchev–Trinajstić information content (AvgIpc) is 2.76. The molecule has 3 N–H and O–H groups in total. The Hall–Kier alpha value is -1.89. The lowest BCUT2D eigenvalue weighted by atomic mass is 10.2. The van der Waals surface area contributed by atoms with Crippen molar-refractivity contribution in [3.05, 3.63) is 60.2 Å². The molecule has 0 amide bonds. The first-order chi connectivity index (χ1) is 15.0. The molecule has 2 aromatic carbocycles. The lowest BCUT2D eigenvalue weighted by Gasteiger charge is -2.13. The van der Waals surface area contributed by atoms with Crippen LogP contribution in [0.15, 0.2) is 59.6 Å². The predicted octanol–water partition coefficient (Wildman–Crippen LogP) is 3.22. The van der Waals surface area contributed by atoms with Crippen molar-refractivity contribution in [3.8, 4) is 5.75 Å². The van der Waals surface area contributed by atoms with E-state index in [1.165, 1.54) is 0 Å². The molecule has 10 heteroatoms. The molecule has 0 heterocycles. The maximum Gasteiger partial charge on any atom is 0.213 e. The highest BCUT2D eigenvalue weighted by molar-refractivity contribution is 14.0. The van der Waals surface area contributed by atoms with E-state index in [0.29, 0.717) is 25.7 Å².